The Hall–Kier alpha value is -13.6. The number of carbonyl (C=O) groups excluding carboxylic acids is 2. The third kappa shape index (κ3) is 22.4. The lowest BCUT2D eigenvalue weighted by Crippen LogP contribution is -2.44. The molecule has 16 rings (SSSR count). The van der Waals surface area contributed by atoms with Crippen LogP contribution in [0, 0.1) is 0 Å². The van der Waals surface area contributed by atoms with Gasteiger partial charge < -0.3 is 83.8 Å². The number of nitrogens with two attached hydrogens (primary N) is 2. The average Bonchev–Trinajstić information content (AvgIpc) is 1.67. The van der Waals surface area contributed by atoms with Crippen molar-refractivity contribution in [3.8, 4) is 0 Å². The molecule has 4 fully saturated rings. The topological polar surface area (TPSA) is 386 Å². The number of hydrogen-bond donors (Lipinski definition) is 12. The summed E-state index contributed by atoms with van der Waals surface area (Å²) in [7, 11) is 0. The number of anilines is 16. The van der Waals surface area contributed by atoms with E-state index in [0.29, 0.717) is 41.2 Å². The number of amides is 2. The van der Waals surface area contributed by atoms with Gasteiger partial charge in [0.15, 0.2) is 16.9 Å². The predicted octanol–water partition coefficient (Wildman–Crippen LogP) is 14.0. The summed E-state index contributed by atoms with van der Waals surface area (Å²) in [5.74, 6) is 6.15. The maximum absolute atomic E-state index is 11.7. The standard InChI is InChI=1S/C25H32N6O.C24H30N6O2.C22H29N9.C21H26N8O/c1-4-18(3)27-20-9-8-10-21(15-20)28-24-16-23(29-25-19(5-2)17-26-31(24)25)30-13-7-6-11-22(30)12-14-32;1-3-17-16-25-30-22(26-18-8-7-9-19(14-18)27-23(32)4-2)15-21(28-24(17)30)29-12-6-5-10-20(29)11-13-31;1-5-16(4)25-18-9-6-10-19(12-18)26-21-27-20(29-11-7-8-17(23)13-29)28-22-30(15(2)3)14-24-31(21)22;1-3-14-12-23-29-19(14)26-20(28-10-6-7-15(22)13-28)27-21(29)25-17-9-5-8-16(11-17)24-18(30)4-2/h4,8-10,15-17,22,27-28,32H,1,3,5-7,11-14H2,2H3;4,7-9,14-16,20,26,31H,2-3,5-6,10-13H2,1H3,(H,27,32);5-6,9-10,12,14-15,17,25H,1,4,7-8,11,13,23H2,2-3H3;4-5,8-9,11-12,15H,2-3,6-7,10,13,22H2,1H3,(H,24,30)(H,25,26,27)/p+1/t22-;20-;;/m00../s1. The summed E-state index contributed by atoms with van der Waals surface area (Å²) < 4.78 is 9.17. The quantitative estimate of drug-likeness (QED) is 0.0113. The van der Waals surface area contributed by atoms with E-state index in [9.17, 15) is 19.8 Å². The van der Waals surface area contributed by atoms with Crippen molar-refractivity contribution >= 4 is 127 Å². The molecule has 12 aromatic rings. The van der Waals surface area contributed by atoms with Crippen molar-refractivity contribution < 1.29 is 24.4 Å². The van der Waals surface area contributed by atoms with Gasteiger partial charge in [0.25, 0.3) is 11.9 Å². The lowest BCUT2D eigenvalue weighted by atomic mass is 9.99. The van der Waals surface area contributed by atoms with E-state index in [-0.39, 0.29) is 49.2 Å². The Morgan fingerprint density at radius 1 is 0.464 bits per heavy atom. The second kappa shape index (κ2) is 42.4. The molecule has 0 aliphatic carbocycles. The molecule has 4 saturated heterocycles. The van der Waals surface area contributed by atoms with Crippen LogP contribution in [-0.4, -0.2) is 167 Å². The fourth-order valence-corrected chi connectivity index (χ4v) is 15.8. The van der Waals surface area contributed by atoms with Gasteiger partial charge in [0, 0.05) is 162 Å². The number of aryl methyl sites for hydroxylation is 3. The Labute approximate surface area is 729 Å². The minimum absolute atomic E-state index is 0.121. The van der Waals surface area contributed by atoms with E-state index in [2.05, 4.69) is 163 Å². The summed E-state index contributed by atoms with van der Waals surface area (Å²) in [6.45, 7) is 38.3. The number of piperidine rings is 4. The van der Waals surface area contributed by atoms with Crippen molar-refractivity contribution in [1.82, 2.24) is 68.4 Å². The Morgan fingerprint density at radius 3 is 1.26 bits per heavy atom. The highest BCUT2D eigenvalue weighted by Crippen LogP contribution is 2.35. The van der Waals surface area contributed by atoms with Crippen molar-refractivity contribution in [2.45, 2.75) is 161 Å². The molecule has 14 N–H and O–H groups in total. The van der Waals surface area contributed by atoms with Gasteiger partial charge in [-0.15, -0.1) is 0 Å². The second-order valence-corrected chi connectivity index (χ2v) is 31.6. The first-order valence-corrected chi connectivity index (χ1v) is 43.2. The Kier molecular flexibility index (Phi) is 30.3. The molecule has 654 valence electrons. The number of carbonyl (C=O) groups is 2. The van der Waals surface area contributed by atoms with Crippen LogP contribution in [0.3, 0.4) is 0 Å². The third-order valence-electron chi connectivity index (χ3n) is 22.3. The van der Waals surface area contributed by atoms with E-state index in [1.807, 2.05) is 135 Å². The highest BCUT2D eigenvalue weighted by Gasteiger charge is 2.31. The number of aromatic nitrogens is 15. The van der Waals surface area contributed by atoms with E-state index >= 15 is 0 Å². The number of benzene rings is 4. The van der Waals surface area contributed by atoms with Gasteiger partial charge in [-0.3, -0.25) is 9.59 Å². The normalized spacial score (nSPS) is 16.3. The zero-order valence-corrected chi connectivity index (χ0v) is 72.3. The minimum atomic E-state index is -0.264. The molecule has 4 aromatic carbocycles. The minimum Gasteiger partial charge on any atom is -0.396 e. The van der Waals surface area contributed by atoms with Gasteiger partial charge in [0.2, 0.25) is 30.0 Å². The van der Waals surface area contributed by atoms with E-state index in [4.69, 9.17) is 41.4 Å². The lowest BCUT2D eigenvalue weighted by Gasteiger charge is -2.36. The molecular formula is C92H118N29O4+. The van der Waals surface area contributed by atoms with Crippen molar-refractivity contribution in [2.24, 2.45) is 11.5 Å². The average molecular weight is 1690 g/mol. The second-order valence-electron chi connectivity index (χ2n) is 31.6. The first kappa shape index (κ1) is 89.1. The van der Waals surface area contributed by atoms with Gasteiger partial charge in [-0.2, -0.15) is 43.8 Å². The highest BCUT2D eigenvalue weighted by molar-refractivity contribution is 6.00. The summed E-state index contributed by atoms with van der Waals surface area (Å²) >= 11 is 0. The Balaban J connectivity index is 0.000000143. The van der Waals surface area contributed by atoms with Crippen LogP contribution in [0.4, 0.5) is 92.6 Å². The zero-order chi connectivity index (χ0) is 88.0. The first-order chi connectivity index (χ1) is 60.8. The van der Waals surface area contributed by atoms with Crippen molar-refractivity contribution in [3.63, 3.8) is 0 Å². The third-order valence-corrected chi connectivity index (χ3v) is 22.3. The van der Waals surface area contributed by atoms with Gasteiger partial charge >= 0.3 is 5.78 Å². The lowest BCUT2D eigenvalue weighted by molar-refractivity contribution is -0.694. The molecule has 0 bridgehead atoms. The molecule has 0 radical (unpaired) electrons. The van der Waals surface area contributed by atoms with Gasteiger partial charge in [-0.1, -0.05) is 89.5 Å². The number of nitrogens with one attached hydrogen (secondary N) is 8. The molecule has 0 spiro atoms. The smallest absolute Gasteiger partial charge is 0.393 e. The molecule has 12 heterocycles. The molecule has 125 heavy (non-hydrogen) atoms. The molecular weight excluding hydrogens is 1580 g/mol. The summed E-state index contributed by atoms with van der Waals surface area (Å²) in [5.41, 5.74) is 26.1. The number of fused-ring (bicyclic) bond motifs is 4. The number of hydrogen-bond acceptors (Lipinski definition) is 26. The van der Waals surface area contributed by atoms with Gasteiger partial charge in [-0.25, -0.2) is 14.5 Å². The molecule has 33 heteroatoms. The molecule has 2 unspecified atom stereocenters. The molecule has 4 aliphatic rings. The molecule has 4 atom stereocenters. The molecule has 33 nitrogen and oxygen atoms in total. The summed E-state index contributed by atoms with van der Waals surface area (Å²) in [6.07, 6.45) is 28.1. The van der Waals surface area contributed by atoms with Crippen LogP contribution < -0.4 is 78.2 Å². The fraction of sp³-hybridized carbons (Fsp3) is 0.359. The van der Waals surface area contributed by atoms with E-state index < -0.39 is 0 Å². The molecule has 8 aromatic heterocycles. The largest absolute Gasteiger partial charge is 0.396 e. The fourth-order valence-electron chi connectivity index (χ4n) is 15.8. The van der Waals surface area contributed by atoms with E-state index in [1.165, 1.54) is 25.0 Å². The SMILES string of the molecule is C=CC(=C)Nc1cccc(Nc2cc(N3CCCC[C@H]3CCO)nc3c(CC)cnn23)c1.C=CC(=C)Nc1cccc(Nc2nc(N3CCCC(N)C3)nc3n2nc[n+]3C(C)C)c1.C=CC(=O)Nc1cccc(Nc2cc(N3CCCC[C@H]3CCO)nc3c(CC)cnn23)c1.C=CC(=O)Nc1cccc(Nc2nc(N3CCCC(N)C3)nc3c(CC)cnn23)c1. The maximum Gasteiger partial charge on any atom is 0.393 e. The van der Waals surface area contributed by atoms with Crippen LogP contribution in [-0.2, 0) is 28.9 Å². The molecule has 4 aliphatic heterocycles. The number of allylic oxidation sites excluding steroid dienone is 2. The highest BCUT2D eigenvalue weighted by atomic mass is 16.3. The van der Waals surface area contributed by atoms with Crippen molar-refractivity contribution in [3.05, 3.63) is 226 Å². The maximum atomic E-state index is 11.7. The number of rotatable bonds is 30. The first-order valence-electron chi connectivity index (χ1n) is 43.2. The summed E-state index contributed by atoms with van der Waals surface area (Å²) in [4.78, 5) is 61.4. The van der Waals surface area contributed by atoms with Crippen molar-refractivity contribution in [2.75, 3.05) is 115 Å². The van der Waals surface area contributed by atoms with Crippen LogP contribution >= 0.6 is 0 Å². The van der Waals surface area contributed by atoms with Crippen LogP contribution in [0.25, 0.3) is 22.7 Å². The van der Waals surface area contributed by atoms with E-state index in [0.717, 1.165) is 231 Å². The van der Waals surface area contributed by atoms with E-state index in [1.54, 1.807) is 27.5 Å². The monoisotopic (exact) mass is 1690 g/mol. The van der Waals surface area contributed by atoms with Gasteiger partial charge in [0.1, 0.15) is 23.3 Å². The number of aliphatic hydroxyl groups is 2. The molecule has 2 amide bonds. The Bertz CT molecular complexity index is 5610. The summed E-state index contributed by atoms with van der Waals surface area (Å²) in [5, 5.41) is 63.0. The number of nitrogens with zero attached hydrogens (tertiary/aromatic N) is 19. The zero-order valence-electron chi connectivity index (χ0n) is 72.3. The molecule has 0 saturated carbocycles. The number of aliphatic hydroxyl groups excluding tert-OH is 2. The predicted molar refractivity (Wildman–Crippen MR) is 501 cm³/mol. The van der Waals surface area contributed by atoms with Crippen LogP contribution in [0.15, 0.2) is 209 Å². The van der Waals surface area contributed by atoms with Gasteiger partial charge in [0.05, 0.1) is 24.6 Å². The van der Waals surface area contributed by atoms with Crippen LogP contribution in [0.2, 0.25) is 0 Å². The van der Waals surface area contributed by atoms with Crippen molar-refractivity contribution in [1.29, 1.82) is 0 Å². The Morgan fingerprint density at radius 2 is 0.856 bits per heavy atom. The van der Waals surface area contributed by atoms with Gasteiger partial charge in [-0.05, 0) is 217 Å². The van der Waals surface area contributed by atoms with Crippen LogP contribution in [0.1, 0.15) is 134 Å². The summed E-state index contributed by atoms with van der Waals surface area (Å²) in [6, 6.07) is 36.0. The van der Waals surface area contributed by atoms with Crippen LogP contribution in [0.5, 0.6) is 0 Å².